The maximum absolute atomic E-state index is 11.7. The summed E-state index contributed by atoms with van der Waals surface area (Å²) in [6.45, 7) is 6.06. The average Bonchev–Trinajstić information content (AvgIpc) is 3.08. The van der Waals surface area contributed by atoms with Crippen LogP contribution in [0, 0.1) is 5.41 Å². The molecule has 0 unspecified atom stereocenters. The summed E-state index contributed by atoms with van der Waals surface area (Å²) in [7, 11) is 0. The number of carbonyl (C=O) groups excluding carboxylic acids is 3. The third-order valence-corrected chi connectivity index (χ3v) is 6.77. The van der Waals surface area contributed by atoms with Gasteiger partial charge in [0, 0.05) is 73.8 Å². The second-order valence-electron chi connectivity index (χ2n) is 10.1. The zero-order valence-corrected chi connectivity index (χ0v) is 27.8. The van der Waals surface area contributed by atoms with Crippen LogP contribution < -0.4 is 16.0 Å². The van der Waals surface area contributed by atoms with Crippen molar-refractivity contribution in [1.29, 1.82) is 0 Å². The van der Waals surface area contributed by atoms with Crippen LogP contribution in [-0.2, 0) is 28.4 Å². The largest absolute Gasteiger partial charge is 0.447 e. The highest BCUT2D eigenvalue weighted by atomic mass is 16.6. The summed E-state index contributed by atoms with van der Waals surface area (Å²) in [4.78, 5) is 43.1. The van der Waals surface area contributed by atoms with Gasteiger partial charge in [-0.25, -0.2) is 14.4 Å². The molecule has 0 saturated heterocycles. The fourth-order valence-corrected chi connectivity index (χ4v) is 3.97. The molecule has 0 aliphatic rings. The van der Waals surface area contributed by atoms with Crippen LogP contribution in [0.2, 0.25) is 0 Å². The summed E-state index contributed by atoms with van der Waals surface area (Å²) in [5, 5.41) is 17.9. The minimum absolute atomic E-state index is 0.0797. The SMILES string of the molecule is CCC(CCOCCOC(=O)NCCCN=[N+]=[N-])(CCOCCOC(=O)NCCCN=[N+]=[N-])CCOCCOC(=O)NCCCN=[N+]=[N-]. The molecule has 3 N–H and O–H groups in total. The van der Waals surface area contributed by atoms with E-state index in [0.29, 0.717) is 78.0 Å². The maximum atomic E-state index is 11.7. The minimum Gasteiger partial charge on any atom is -0.447 e. The fraction of sp³-hybridized carbons (Fsp3) is 0.889. The van der Waals surface area contributed by atoms with E-state index < -0.39 is 18.3 Å². The van der Waals surface area contributed by atoms with Crippen molar-refractivity contribution in [2.75, 3.05) is 98.7 Å². The number of alkyl carbamates (subject to hydrolysis) is 3. The molecule has 0 spiro atoms. The molecule has 0 aromatic heterocycles. The van der Waals surface area contributed by atoms with Crippen LogP contribution in [0.4, 0.5) is 14.4 Å². The Balaban J connectivity index is 4.54. The van der Waals surface area contributed by atoms with Gasteiger partial charge in [-0.3, -0.25) is 0 Å². The molecule has 272 valence electrons. The summed E-state index contributed by atoms with van der Waals surface area (Å²) in [6.07, 6.45) is 2.67. The van der Waals surface area contributed by atoms with E-state index in [4.69, 9.17) is 45.0 Å². The molecular formula is C27H50N12O9. The average molecular weight is 687 g/mol. The van der Waals surface area contributed by atoms with Gasteiger partial charge in [0.2, 0.25) is 0 Å². The lowest BCUT2D eigenvalue weighted by Crippen LogP contribution is -2.29. The molecule has 21 heteroatoms. The lowest BCUT2D eigenvalue weighted by Gasteiger charge is -2.33. The Morgan fingerprint density at radius 2 is 0.854 bits per heavy atom. The molecule has 0 saturated carbocycles. The van der Waals surface area contributed by atoms with Gasteiger partial charge < -0.3 is 44.4 Å². The Morgan fingerprint density at radius 3 is 1.12 bits per heavy atom. The van der Waals surface area contributed by atoms with Gasteiger partial charge in [0.25, 0.3) is 0 Å². The standard InChI is InChI=1S/C27H50N12O9/c1-2-27(6-15-43-18-21-46-24(40)31-9-3-12-34-37-28,7-16-44-19-22-47-25(41)32-10-4-13-35-38-29)8-17-45-20-23-48-26(42)33-11-5-14-36-39-30/h2-23H2,1H3,(H,31,40)(H,32,41)(H,33,42). The minimum atomic E-state index is -0.574. The smallest absolute Gasteiger partial charge is 0.407 e. The first kappa shape index (κ1) is 43.6. The Labute approximate surface area is 279 Å². The summed E-state index contributed by atoms with van der Waals surface area (Å²) >= 11 is 0. The Hall–Kier alpha value is -4.38. The van der Waals surface area contributed by atoms with Crippen LogP contribution in [0.3, 0.4) is 0 Å². The lowest BCUT2D eigenvalue weighted by molar-refractivity contribution is 0.00816. The number of azide groups is 3. The molecule has 0 aromatic carbocycles. The topological polar surface area (TPSA) is 289 Å². The van der Waals surface area contributed by atoms with Crippen molar-refractivity contribution in [3.8, 4) is 0 Å². The van der Waals surface area contributed by atoms with Gasteiger partial charge in [0.1, 0.15) is 19.8 Å². The predicted molar refractivity (Wildman–Crippen MR) is 173 cm³/mol. The third kappa shape index (κ3) is 27.9. The predicted octanol–water partition coefficient (Wildman–Crippen LogP) is 4.88. The number of rotatable bonds is 31. The van der Waals surface area contributed by atoms with Gasteiger partial charge >= 0.3 is 18.3 Å². The van der Waals surface area contributed by atoms with Crippen molar-refractivity contribution in [3.05, 3.63) is 31.3 Å². The highest BCUT2D eigenvalue weighted by Gasteiger charge is 2.28. The Kier molecular flexibility index (Phi) is 29.6. The first-order valence-corrected chi connectivity index (χ1v) is 15.9. The Morgan fingerprint density at radius 1 is 0.542 bits per heavy atom. The highest BCUT2D eigenvalue weighted by molar-refractivity contribution is 5.67. The first-order valence-electron chi connectivity index (χ1n) is 15.9. The number of carbonyl (C=O) groups is 3. The van der Waals surface area contributed by atoms with Gasteiger partial charge in [-0.05, 0) is 60.5 Å². The van der Waals surface area contributed by atoms with E-state index in [1.165, 1.54) is 0 Å². The van der Waals surface area contributed by atoms with Gasteiger partial charge in [-0.15, -0.1) is 0 Å². The monoisotopic (exact) mass is 686 g/mol. The van der Waals surface area contributed by atoms with Crippen molar-refractivity contribution >= 4 is 18.3 Å². The number of nitrogens with one attached hydrogen (secondary N) is 3. The molecule has 0 radical (unpaired) electrons. The van der Waals surface area contributed by atoms with E-state index >= 15 is 0 Å². The number of ether oxygens (including phenoxy) is 6. The van der Waals surface area contributed by atoms with Crippen LogP contribution in [-0.4, -0.2) is 117 Å². The zero-order chi connectivity index (χ0) is 35.4. The van der Waals surface area contributed by atoms with Crippen molar-refractivity contribution < 1.29 is 42.8 Å². The van der Waals surface area contributed by atoms with Crippen LogP contribution in [0.5, 0.6) is 0 Å². The molecule has 0 aliphatic heterocycles. The molecule has 0 aromatic rings. The van der Waals surface area contributed by atoms with E-state index in [1.54, 1.807) is 0 Å². The van der Waals surface area contributed by atoms with Crippen LogP contribution in [0.1, 0.15) is 51.9 Å². The Bertz CT molecular complexity index is 899. The second kappa shape index (κ2) is 32.6. The van der Waals surface area contributed by atoms with Crippen molar-refractivity contribution in [2.45, 2.75) is 51.9 Å². The molecule has 3 amide bonds. The van der Waals surface area contributed by atoms with Crippen molar-refractivity contribution in [3.63, 3.8) is 0 Å². The number of amides is 3. The number of hydrogen-bond acceptors (Lipinski definition) is 12. The van der Waals surface area contributed by atoms with Crippen LogP contribution >= 0.6 is 0 Å². The van der Waals surface area contributed by atoms with E-state index in [9.17, 15) is 14.4 Å². The third-order valence-electron chi connectivity index (χ3n) is 6.77. The molecule has 48 heavy (non-hydrogen) atoms. The lowest BCUT2D eigenvalue weighted by atomic mass is 9.76. The molecule has 0 bridgehead atoms. The maximum Gasteiger partial charge on any atom is 0.407 e. The van der Waals surface area contributed by atoms with Gasteiger partial charge in [0.05, 0.1) is 19.8 Å². The van der Waals surface area contributed by atoms with Crippen molar-refractivity contribution in [2.24, 2.45) is 20.8 Å². The van der Waals surface area contributed by atoms with Gasteiger partial charge in [-0.1, -0.05) is 28.7 Å². The van der Waals surface area contributed by atoms with Crippen molar-refractivity contribution in [1.82, 2.24) is 16.0 Å². The molecular weight excluding hydrogens is 636 g/mol. The molecule has 0 rings (SSSR count). The first-order chi connectivity index (χ1) is 23.4. The van der Waals surface area contributed by atoms with E-state index in [1.807, 2.05) is 0 Å². The molecule has 0 heterocycles. The van der Waals surface area contributed by atoms with E-state index in [-0.39, 0.29) is 64.7 Å². The zero-order valence-electron chi connectivity index (χ0n) is 27.8. The molecule has 0 atom stereocenters. The number of nitrogens with zero attached hydrogens (tertiary/aromatic N) is 9. The van der Waals surface area contributed by atoms with Gasteiger partial charge in [0.15, 0.2) is 0 Å². The molecule has 0 aliphatic carbocycles. The van der Waals surface area contributed by atoms with E-state index in [0.717, 1.165) is 6.42 Å². The van der Waals surface area contributed by atoms with Gasteiger partial charge in [-0.2, -0.15) is 0 Å². The fourth-order valence-electron chi connectivity index (χ4n) is 3.97. The highest BCUT2D eigenvalue weighted by Crippen LogP contribution is 2.35. The summed E-state index contributed by atoms with van der Waals surface area (Å²) in [6, 6.07) is 0. The normalized spacial score (nSPS) is 11.4. The number of hydrogen-bond donors (Lipinski definition) is 3. The molecule has 0 fully saturated rings. The quantitative estimate of drug-likeness (QED) is 0.0294. The van der Waals surface area contributed by atoms with Crippen LogP contribution in [0.25, 0.3) is 31.3 Å². The second-order valence-corrected chi connectivity index (χ2v) is 10.1. The summed E-state index contributed by atoms with van der Waals surface area (Å²) < 4.78 is 32.5. The van der Waals surface area contributed by atoms with Crippen LogP contribution in [0.15, 0.2) is 15.3 Å². The summed E-state index contributed by atoms with van der Waals surface area (Å²) in [5.41, 5.74) is 24.6. The summed E-state index contributed by atoms with van der Waals surface area (Å²) in [5.74, 6) is 0. The van der Waals surface area contributed by atoms with E-state index in [2.05, 4.69) is 53.0 Å². The molecule has 21 nitrogen and oxygen atoms in total.